The number of aromatic nitrogens is 2. The van der Waals surface area contributed by atoms with Crippen molar-refractivity contribution in [2.45, 2.75) is 26.8 Å². The van der Waals surface area contributed by atoms with E-state index in [4.69, 9.17) is 4.42 Å². The van der Waals surface area contributed by atoms with E-state index in [9.17, 15) is 4.79 Å². The number of nitrogens with zero attached hydrogens (tertiary/aromatic N) is 2. The van der Waals surface area contributed by atoms with Crippen LogP contribution in [0.3, 0.4) is 0 Å². The topological polar surface area (TPSA) is 68.0 Å². The maximum atomic E-state index is 11.7. The van der Waals surface area contributed by atoms with Crippen LogP contribution in [0.5, 0.6) is 0 Å². The molecule has 118 valence electrons. The molecule has 1 aromatic carbocycles. The van der Waals surface area contributed by atoms with Gasteiger partial charge < -0.3 is 9.73 Å². The number of amides is 1. The summed E-state index contributed by atoms with van der Waals surface area (Å²) in [6.07, 6.45) is 3.91. The molecule has 3 rings (SSSR count). The number of hydrogen-bond acceptors (Lipinski definition) is 4. The van der Waals surface area contributed by atoms with E-state index in [2.05, 4.69) is 15.3 Å². The lowest BCUT2D eigenvalue weighted by Crippen LogP contribution is -2.23. The Kier molecular flexibility index (Phi) is 4.37. The predicted molar refractivity (Wildman–Crippen MR) is 88.5 cm³/mol. The van der Waals surface area contributed by atoms with Gasteiger partial charge in [0, 0.05) is 30.8 Å². The number of hydrogen-bond donors (Lipinski definition) is 1. The third-order valence-corrected chi connectivity index (χ3v) is 3.47. The third-order valence-electron chi connectivity index (χ3n) is 3.47. The quantitative estimate of drug-likeness (QED) is 0.782. The summed E-state index contributed by atoms with van der Waals surface area (Å²) in [5, 5.41) is 2.92. The first kappa shape index (κ1) is 15.2. The van der Waals surface area contributed by atoms with Crippen molar-refractivity contribution in [3.8, 4) is 11.5 Å². The highest BCUT2D eigenvalue weighted by Gasteiger charge is 2.08. The first-order valence-corrected chi connectivity index (χ1v) is 7.68. The fraction of sp³-hybridized carbons (Fsp3) is 0.278. The summed E-state index contributed by atoms with van der Waals surface area (Å²) >= 11 is 0. The molecule has 0 aliphatic heterocycles. The second kappa shape index (κ2) is 6.60. The van der Waals surface area contributed by atoms with E-state index >= 15 is 0 Å². The van der Waals surface area contributed by atoms with E-state index in [1.807, 2.05) is 38.1 Å². The van der Waals surface area contributed by atoms with Gasteiger partial charge in [-0.2, -0.15) is 0 Å². The number of carbonyl (C=O) groups excluding carboxylic acids is 1. The summed E-state index contributed by atoms with van der Waals surface area (Å²) in [5.74, 6) is 1.02. The molecular formula is C18H19N3O2. The average Bonchev–Trinajstić information content (AvgIpc) is 2.97. The summed E-state index contributed by atoms with van der Waals surface area (Å²) in [6.45, 7) is 4.60. The molecule has 5 nitrogen and oxygen atoms in total. The van der Waals surface area contributed by atoms with Crippen LogP contribution in [0.4, 0.5) is 0 Å². The molecular weight excluding hydrogens is 290 g/mol. The monoisotopic (exact) mass is 309 g/mol. The van der Waals surface area contributed by atoms with Crippen molar-refractivity contribution in [3.63, 3.8) is 0 Å². The summed E-state index contributed by atoms with van der Waals surface area (Å²) in [7, 11) is 0. The van der Waals surface area contributed by atoms with E-state index < -0.39 is 0 Å². The number of rotatable bonds is 5. The number of fused-ring (bicyclic) bond motifs is 1. The third kappa shape index (κ3) is 3.74. The molecule has 23 heavy (non-hydrogen) atoms. The van der Waals surface area contributed by atoms with Crippen LogP contribution in [0, 0.1) is 5.92 Å². The zero-order chi connectivity index (χ0) is 16.2. The molecule has 2 heterocycles. The van der Waals surface area contributed by atoms with Crippen LogP contribution in [-0.2, 0) is 11.3 Å². The maximum Gasteiger partial charge on any atom is 0.227 e. The number of oxazole rings is 1. The highest BCUT2D eigenvalue weighted by atomic mass is 16.3. The van der Waals surface area contributed by atoms with Crippen LogP contribution in [0.2, 0.25) is 0 Å². The number of carbonyl (C=O) groups is 1. The van der Waals surface area contributed by atoms with Gasteiger partial charge in [-0.1, -0.05) is 26.0 Å². The van der Waals surface area contributed by atoms with Crippen molar-refractivity contribution in [1.29, 1.82) is 0 Å². The van der Waals surface area contributed by atoms with Crippen molar-refractivity contribution >= 4 is 17.0 Å². The van der Waals surface area contributed by atoms with Crippen molar-refractivity contribution in [2.75, 3.05) is 0 Å². The van der Waals surface area contributed by atoms with Gasteiger partial charge in [0.2, 0.25) is 11.8 Å². The normalized spacial score (nSPS) is 11.1. The van der Waals surface area contributed by atoms with Gasteiger partial charge in [0.1, 0.15) is 5.52 Å². The molecule has 2 aromatic heterocycles. The van der Waals surface area contributed by atoms with E-state index in [0.717, 1.165) is 22.2 Å². The van der Waals surface area contributed by atoms with Crippen LogP contribution in [0.1, 0.15) is 25.8 Å². The van der Waals surface area contributed by atoms with Crippen molar-refractivity contribution < 1.29 is 9.21 Å². The lowest BCUT2D eigenvalue weighted by atomic mass is 10.1. The number of pyridine rings is 1. The van der Waals surface area contributed by atoms with Crippen LogP contribution in [-0.4, -0.2) is 15.9 Å². The average molecular weight is 309 g/mol. The summed E-state index contributed by atoms with van der Waals surface area (Å²) in [6, 6.07) is 9.63. The zero-order valence-corrected chi connectivity index (χ0v) is 13.2. The molecule has 0 saturated heterocycles. The Morgan fingerprint density at radius 1 is 1.22 bits per heavy atom. The van der Waals surface area contributed by atoms with Crippen LogP contribution < -0.4 is 5.32 Å². The molecule has 0 aliphatic rings. The fourth-order valence-corrected chi connectivity index (χ4v) is 2.31. The second-order valence-corrected chi connectivity index (χ2v) is 5.93. The molecule has 0 saturated carbocycles. The number of benzene rings is 1. The Balaban J connectivity index is 1.68. The lowest BCUT2D eigenvalue weighted by molar-refractivity contribution is -0.121. The Hall–Kier alpha value is -2.69. The molecule has 0 spiro atoms. The Morgan fingerprint density at radius 2 is 2.00 bits per heavy atom. The molecule has 0 fully saturated rings. The van der Waals surface area contributed by atoms with Gasteiger partial charge >= 0.3 is 0 Å². The maximum absolute atomic E-state index is 11.7. The molecule has 0 aliphatic carbocycles. The summed E-state index contributed by atoms with van der Waals surface area (Å²) in [4.78, 5) is 20.1. The van der Waals surface area contributed by atoms with Crippen molar-refractivity contribution in [3.05, 3.63) is 48.3 Å². The van der Waals surface area contributed by atoms with Crippen LogP contribution in [0.25, 0.3) is 22.6 Å². The largest absolute Gasteiger partial charge is 0.436 e. The number of nitrogens with one attached hydrogen (secondary N) is 1. The highest BCUT2D eigenvalue weighted by molar-refractivity contribution is 5.76. The van der Waals surface area contributed by atoms with Gasteiger partial charge in [-0.3, -0.25) is 9.78 Å². The van der Waals surface area contributed by atoms with Gasteiger partial charge in [0.05, 0.1) is 6.20 Å². The molecule has 0 atom stereocenters. The Bertz CT molecular complexity index is 774. The minimum absolute atomic E-state index is 0.0792. The summed E-state index contributed by atoms with van der Waals surface area (Å²) in [5.41, 5.74) is 3.41. The molecule has 0 unspecified atom stereocenters. The molecule has 1 N–H and O–H groups in total. The van der Waals surface area contributed by atoms with Crippen LogP contribution >= 0.6 is 0 Å². The minimum Gasteiger partial charge on any atom is -0.436 e. The highest BCUT2D eigenvalue weighted by Crippen LogP contribution is 2.23. The van der Waals surface area contributed by atoms with Gasteiger partial charge in [-0.05, 0) is 23.6 Å². The van der Waals surface area contributed by atoms with E-state index in [-0.39, 0.29) is 5.91 Å². The predicted octanol–water partition coefficient (Wildman–Crippen LogP) is 3.55. The van der Waals surface area contributed by atoms with Gasteiger partial charge in [0.25, 0.3) is 0 Å². The SMILES string of the molecule is CC(C)CC(=O)NCc1ccc(-c2nc3cnccc3o2)cc1. The first-order chi connectivity index (χ1) is 11.1. The molecule has 0 bridgehead atoms. The fourth-order valence-electron chi connectivity index (χ4n) is 2.31. The zero-order valence-electron chi connectivity index (χ0n) is 13.2. The second-order valence-electron chi connectivity index (χ2n) is 5.93. The lowest BCUT2D eigenvalue weighted by Gasteiger charge is -2.07. The van der Waals surface area contributed by atoms with Gasteiger partial charge in [-0.15, -0.1) is 0 Å². The van der Waals surface area contributed by atoms with E-state index in [0.29, 0.717) is 24.8 Å². The first-order valence-electron chi connectivity index (χ1n) is 7.68. The standard InChI is InChI=1S/C18H19N3O2/c1-12(2)9-17(22)20-10-13-3-5-14(6-4-13)18-21-15-11-19-8-7-16(15)23-18/h3-8,11-12H,9-10H2,1-2H3,(H,20,22). The van der Waals surface area contributed by atoms with E-state index in [1.165, 1.54) is 0 Å². The molecule has 5 heteroatoms. The Labute approximate surface area is 134 Å². The molecule has 3 aromatic rings. The minimum atomic E-state index is 0.0792. The van der Waals surface area contributed by atoms with Crippen molar-refractivity contribution in [2.24, 2.45) is 5.92 Å². The van der Waals surface area contributed by atoms with Crippen molar-refractivity contribution in [1.82, 2.24) is 15.3 Å². The van der Waals surface area contributed by atoms with E-state index in [1.54, 1.807) is 18.5 Å². The smallest absolute Gasteiger partial charge is 0.227 e. The Morgan fingerprint density at radius 3 is 2.70 bits per heavy atom. The van der Waals surface area contributed by atoms with Gasteiger partial charge in [-0.25, -0.2) is 4.98 Å². The summed E-state index contributed by atoms with van der Waals surface area (Å²) < 4.78 is 5.72. The molecule has 0 radical (unpaired) electrons. The van der Waals surface area contributed by atoms with Crippen LogP contribution in [0.15, 0.2) is 47.1 Å². The van der Waals surface area contributed by atoms with Gasteiger partial charge in [0.15, 0.2) is 5.58 Å². The molecule has 1 amide bonds.